The number of aliphatic imine (C=N–C) groups is 1. The van der Waals surface area contributed by atoms with E-state index in [0.717, 1.165) is 34.3 Å². The number of anilines is 1. The molecule has 0 fully saturated rings. The molecule has 0 amide bonds. The highest BCUT2D eigenvalue weighted by atomic mass is 32.2. The van der Waals surface area contributed by atoms with Gasteiger partial charge in [-0.3, -0.25) is 9.79 Å². The van der Waals surface area contributed by atoms with Gasteiger partial charge in [0.05, 0.1) is 10.2 Å². The number of hydrogen-bond acceptors (Lipinski definition) is 6. The van der Waals surface area contributed by atoms with E-state index in [4.69, 9.17) is 4.98 Å². The number of aryl methyl sites for hydroxylation is 1. The SMILES string of the molecule is CC(=O)[C@H]1CSC(c2nc3c(C)c4c(cc3s2)N(C)CCC4)=N1. The average Bonchev–Trinajstić information content (AvgIpc) is 3.15. The van der Waals surface area contributed by atoms with Gasteiger partial charge in [-0.05, 0) is 43.9 Å². The Bertz CT molecular complexity index is 840. The summed E-state index contributed by atoms with van der Waals surface area (Å²) >= 11 is 3.35. The molecule has 2 aliphatic heterocycles. The van der Waals surface area contributed by atoms with Gasteiger partial charge in [-0.2, -0.15) is 0 Å². The smallest absolute Gasteiger partial charge is 0.155 e. The largest absolute Gasteiger partial charge is 0.374 e. The maximum Gasteiger partial charge on any atom is 0.155 e. The van der Waals surface area contributed by atoms with Gasteiger partial charge in [-0.1, -0.05) is 0 Å². The number of fused-ring (bicyclic) bond motifs is 2. The molecule has 1 atom stereocenters. The van der Waals surface area contributed by atoms with Crippen LogP contribution in [0.3, 0.4) is 0 Å². The first-order chi connectivity index (χ1) is 11.0. The van der Waals surface area contributed by atoms with E-state index in [1.807, 2.05) is 0 Å². The minimum Gasteiger partial charge on any atom is -0.374 e. The Morgan fingerprint density at radius 2 is 2.26 bits per heavy atom. The van der Waals surface area contributed by atoms with Gasteiger partial charge in [0.15, 0.2) is 5.78 Å². The first-order valence-corrected chi connectivity index (χ1v) is 9.70. The second kappa shape index (κ2) is 5.60. The predicted molar refractivity (Wildman–Crippen MR) is 99.4 cm³/mol. The molecule has 0 spiro atoms. The molecule has 0 N–H and O–H groups in total. The lowest BCUT2D eigenvalue weighted by Crippen LogP contribution is -2.25. The van der Waals surface area contributed by atoms with Crippen LogP contribution in [0.25, 0.3) is 10.2 Å². The zero-order valence-electron chi connectivity index (χ0n) is 13.5. The van der Waals surface area contributed by atoms with E-state index >= 15 is 0 Å². The molecule has 0 saturated heterocycles. The summed E-state index contributed by atoms with van der Waals surface area (Å²) in [5, 5.41) is 1.89. The number of Topliss-reactive ketones (excluding diaryl/α,β-unsaturated/α-hetero) is 1. The molecular weight excluding hydrogens is 326 g/mol. The molecule has 2 aliphatic rings. The number of aromatic nitrogens is 1. The summed E-state index contributed by atoms with van der Waals surface area (Å²) in [4.78, 5) is 23.3. The highest BCUT2D eigenvalue weighted by Crippen LogP contribution is 2.38. The van der Waals surface area contributed by atoms with E-state index in [1.165, 1.54) is 27.9 Å². The van der Waals surface area contributed by atoms with Crippen LogP contribution >= 0.6 is 23.1 Å². The molecule has 0 radical (unpaired) electrons. The lowest BCUT2D eigenvalue weighted by Gasteiger charge is -2.28. The fourth-order valence-electron chi connectivity index (χ4n) is 3.30. The van der Waals surface area contributed by atoms with E-state index in [9.17, 15) is 4.79 Å². The summed E-state index contributed by atoms with van der Waals surface area (Å²) in [7, 11) is 2.17. The molecule has 1 aromatic heterocycles. The highest BCUT2D eigenvalue weighted by Gasteiger charge is 2.26. The third-order valence-electron chi connectivity index (χ3n) is 4.67. The second-order valence-corrected chi connectivity index (χ2v) is 8.30. The first-order valence-electron chi connectivity index (χ1n) is 7.90. The summed E-state index contributed by atoms with van der Waals surface area (Å²) in [5.74, 6) is 0.889. The summed E-state index contributed by atoms with van der Waals surface area (Å²) in [5.41, 5.74) is 5.19. The Hall–Kier alpha value is -1.40. The topological polar surface area (TPSA) is 45.6 Å². The Morgan fingerprint density at radius 1 is 1.43 bits per heavy atom. The van der Waals surface area contributed by atoms with E-state index in [2.05, 4.69) is 29.9 Å². The monoisotopic (exact) mass is 345 g/mol. The fourth-order valence-corrected chi connectivity index (χ4v) is 5.55. The molecule has 4 rings (SSSR count). The molecule has 6 heteroatoms. The van der Waals surface area contributed by atoms with Crippen molar-refractivity contribution >= 4 is 49.8 Å². The number of carbonyl (C=O) groups excluding carboxylic acids is 1. The maximum absolute atomic E-state index is 11.5. The number of ketones is 1. The molecular formula is C17H19N3OS2. The van der Waals surface area contributed by atoms with Crippen LogP contribution in [0, 0.1) is 6.92 Å². The minimum atomic E-state index is -0.192. The number of hydrogen-bond donors (Lipinski definition) is 0. The van der Waals surface area contributed by atoms with Gasteiger partial charge in [-0.25, -0.2) is 4.98 Å². The molecule has 3 heterocycles. The van der Waals surface area contributed by atoms with Gasteiger partial charge in [0.2, 0.25) is 0 Å². The Kier molecular flexibility index (Phi) is 3.69. The van der Waals surface area contributed by atoms with Crippen molar-refractivity contribution in [2.45, 2.75) is 32.7 Å². The van der Waals surface area contributed by atoms with Crippen LogP contribution in [0.15, 0.2) is 11.1 Å². The quantitative estimate of drug-likeness (QED) is 0.836. The lowest BCUT2D eigenvalue weighted by atomic mass is 9.96. The standard InChI is InChI=1S/C17H19N3OS2/c1-9-11-5-4-6-20(3)13(11)7-14-15(9)19-17(23-14)16-18-12(8-22-16)10(2)21/h7,12H,4-6,8H2,1-3H3/t12-/m1/s1. The van der Waals surface area contributed by atoms with Crippen molar-refractivity contribution in [3.05, 3.63) is 22.2 Å². The maximum atomic E-state index is 11.5. The fraction of sp³-hybridized carbons (Fsp3) is 0.471. The third-order valence-corrected chi connectivity index (χ3v) is 6.87. The minimum absolute atomic E-state index is 0.141. The molecule has 23 heavy (non-hydrogen) atoms. The van der Waals surface area contributed by atoms with Gasteiger partial charge < -0.3 is 4.90 Å². The Labute approximate surface area is 144 Å². The molecule has 2 aromatic rings. The molecule has 0 bridgehead atoms. The predicted octanol–water partition coefficient (Wildman–Crippen LogP) is 3.44. The van der Waals surface area contributed by atoms with E-state index in [0.29, 0.717) is 0 Å². The Balaban J connectivity index is 1.81. The summed E-state index contributed by atoms with van der Waals surface area (Å²) < 4.78 is 1.22. The van der Waals surface area contributed by atoms with Crippen molar-refractivity contribution < 1.29 is 4.79 Å². The van der Waals surface area contributed by atoms with E-state index in [1.54, 1.807) is 30.0 Å². The summed E-state index contributed by atoms with van der Waals surface area (Å²) in [6.45, 7) is 4.92. The zero-order chi connectivity index (χ0) is 16.1. The van der Waals surface area contributed by atoms with Crippen LogP contribution in [0.2, 0.25) is 0 Å². The molecule has 0 saturated carbocycles. The number of rotatable bonds is 2. The van der Waals surface area contributed by atoms with Crippen LogP contribution in [-0.4, -0.2) is 41.2 Å². The molecule has 120 valence electrons. The number of nitrogens with zero attached hydrogens (tertiary/aromatic N) is 3. The van der Waals surface area contributed by atoms with Crippen LogP contribution in [0.4, 0.5) is 5.69 Å². The lowest BCUT2D eigenvalue weighted by molar-refractivity contribution is -0.117. The summed E-state index contributed by atoms with van der Waals surface area (Å²) in [6.07, 6.45) is 2.34. The number of thioether (sulfide) groups is 1. The number of benzene rings is 1. The van der Waals surface area contributed by atoms with Crippen molar-refractivity contribution in [3.8, 4) is 0 Å². The van der Waals surface area contributed by atoms with Gasteiger partial charge in [-0.15, -0.1) is 23.1 Å². The normalized spacial score (nSPS) is 20.7. The van der Waals surface area contributed by atoms with Crippen molar-refractivity contribution in [2.24, 2.45) is 4.99 Å². The molecule has 0 aliphatic carbocycles. The van der Waals surface area contributed by atoms with Crippen molar-refractivity contribution in [3.63, 3.8) is 0 Å². The van der Waals surface area contributed by atoms with E-state index in [-0.39, 0.29) is 11.8 Å². The van der Waals surface area contributed by atoms with Crippen LogP contribution in [0.5, 0.6) is 0 Å². The molecule has 4 nitrogen and oxygen atoms in total. The van der Waals surface area contributed by atoms with Crippen molar-refractivity contribution in [2.75, 3.05) is 24.2 Å². The first kappa shape index (κ1) is 15.1. The number of thiazole rings is 1. The third kappa shape index (κ3) is 2.48. The average molecular weight is 345 g/mol. The number of carbonyl (C=O) groups is 1. The van der Waals surface area contributed by atoms with Crippen molar-refractivity contribution in [1.82, 2.24) is 4.98 Å². The second-order valence-electron chi connectivity index (χ2n) is 6.26. The van der Waals surface area contributed by atoms with E-state index < -0.39 is 0 Å². The highest BCUT2D eigenvalue weighted by molar-refractivity contribution is 8.15. The van der Waals surface area contributed by atoms with Crippen LogP contribution in [0.1, 0.15) is 29.5 Å². The molecule has 1 aromatic carbocycles. The zero-order valence-corrected chi connectivity index (χ0v) is 15.2. The van der Waals surface area contributed by atoms with Crippen LogP contribution in [-0.2, 0) is 11.2 Å². The summed E-state index contributed by atoms with van der Waals surface area (Å²) in [6, 6.07) is 2.09. The van der Waals surface area contributed by atoms with Crippen LogP contribution < -0.4 is 4.90 Å². The van der Waals surface area contributed by atoms with Crippen molar-refractivity contribution in [1.29, 1.82) is 0 Å². The van der Waals surface area contributed by atoms with Gasteiger partial charge in [0.1, 0.15) is 16.1 Å². The Morgan fingerprint density at radius 3 is 3.00 bits per heavy atom. The van der Waals surface area contributed by atoms with Gasteiger partial charge >= 0.3 is 0 Å². The van der Waals surface area contributed by atoms with Gasteiger partial charge in [0, 0.05) is 25.0 Å². The van der Waals surface area contributed by atoms with Gasteiger partial charge in [0.25, 0.3) is 0 Å². The molecule has 0 unspecified atom stereocenters.